The fourth-order valence-electron chi connectivity index (χ4n) is 2.85. The Labute approximate surface area is 163 Å². The molecule has 0 amide bonds. The monoisotopic (exact) mass is 403 g/mol. The van der Waals surface area contributed by atoms with Crippen LogP contribution in [0.15, 0.2) is 71.6 Å². The molecule has 1 N–H and O–H groups in total. The van der Waals surface area contributed by atoms with Gasteiger partial charge in [-0.05, 0) is 65.7 Å². The lowest BCUT2D eigenvalue weighted by Crippen LogP contribution is -2.00. The lowest BCUT2D eigenvalue weighted by atomic mass is 10.1. The summed E-state index contributed by atoms with van der Waals surface area (Å²) in [5, 5.41) is 3.10. The van der Waals surface area contributed by atoms with E-state index < -0.39 is 5.82 Å². The van der Waals surface area contributed by atoms with Gasteiger partial charge in [0.05, 0.1) is 16.0 Å². The number of hydrogen-bond acceptors (Lipinski definition) is 2. The van der Waals surface area contributed by atoms with Crippen molar-refractivity contribution >= 4 is 34.7 Å². The zero-order chi connectivity index (χ0) is 19.0. The van der Waals surface area contributed by atoms with E-state index in [0.717, 1.165) is 16.1 Å². The molecular formula is C21H13ClF3NS. The maximum atomic E-state index is 13.8. The molecule has 0 radical (unpaired) electrons. The molecule has 0 fully saturated rings. The average Bonchev–Trinajstić information content (AvgIpc) is 2.84. The Hall–Kier alpha value is -2.37. The molecular weight excluding hydrogens is 391 g/mol. The quantitative estimate of drug-likeness (QED) is 0.491. The zero-order valence-electron chi connectivity index (χ0n) is 13.8. The summed E-state index contributed by atoms with van der Waals surface area (Å²) in [6, 6.07) is 15.1. The van der Waals surface area contributed by atoms with Gasteiger partial charge < -0.3 is 5.32 Å². The fraction of sp³-hybridized carbons (Fsp3) is 0.0476. The first-order chi connectivity index (χ1) is 13.0. The highest BCUT2D eigenvalue weighted by Gasteiger charge is 2.21. The number of nitrogens with one attached hydrogen (secondary N) is 1. The third-order valence-corrected chi connectivity index (χ3v) is 5.76. The number of rotatable bonds is 2. The Balaban J connectivity index is 1.83. The highest BCUT2D eigenvalue weighted by molar-refractivity contribution is 7.99. The molecule has 136 valence electrons. The Kier molecular flexibility index (Phi) is 4.89. The summed E-state index contributed by atoms with van der Waals surface area (Å²) in [7, 11) is 0. The molecule has 0 aliphatic carbocycles. The van der Waals surface area contributed by atoms with Gasteiger partial charge in [0.15, 0.2) is 0 Å². The first-order valence-corrected chi connectivity index (χ1v) is 9.41. The molecule has 1 aliphatic heterocycles. The number of anilines is 1. The van der Waals surface area contributed by atoms with Crippen molar-refractivity contribution < 1.29 is 13.2 Å². The Bertz CT molecular complexity index is 1030. The SMILES string of the molecule is Fc1ccc(C2C=C(c3ccc(F)c(Cl)c3)Nc3ccc(F)cc3S2)cc1. The van der Waals surface area contributed by atoms with Crippen molar-refractivity contribution in [2.45, 2.75) is 10.1 Å². The Morgan fingerprint density at radius 2 is 1.59 bits per heavy atom. The van der Waals surface area contributed by atoms with Crippen LogP contribution in [0.3, 0.4) is 0 Å². The van der Waals surface area contributed by atoms with Crippen molar-refractivity contribution in [1.29, 1.82) is 0 Å². The van der Waals surface area contributed by atoms with E-state index in [4.69, 9.17) is 11.6 Å². The Morgan fingerprint density at radius 1 is 0.852 bits per heavy atom. The highest BCUT2D eigenvalue weighted by Crippen LogP contribution is 2.45. The van der Waals surface area contributed by atoms with Gasteiger partial charge in [0.1, 0.15) is 17.5 Å². The van der Waals surface area contributed by atoms with Gasteiger partial charge in [-0.3, -0.25) is 0 Å². The molecule has 3 aromatic rings. The van der Waals surface area contributed by atoms with E-state index in [9.17, 15) is 13.2 Å². The van der Waals surface area contributed by atoms with Crippen LogP contribution in [-0.2, 0) is 0 Å². The number of halogens is 4. The smallest absolute Gasteiger partial charge is 0.141 e. The summed E-state index contributed by atoms with van der Waals surface area (Å²) in [5.74, 6) is -1.16. The number of hydrogen-bond donors (Lipinski definition) is 1. The van der Waals surface area contributed by atoms with E-state index in [1.165, 1.54) is 48.2 Å². The molecule has 6 heteroatoms. The minimum atomic E-state index is -0.499. The van der Waals surface area contributed by atoms with Crippen molar-refractivity contribution in [1.82, 2.24) is 0 Å². The molecule has 1 aliphatic rings. The van der Waals surface area contributed by atoms with Crippen LogP contribution in [0.25, 0.3) is 5.70 Å². The normalized spacial score (nSPS) is 16.1. The van der Waals surface area contributed by atoms with Crippen LogP contribution in [0.1, 0.15) is 16.4 Å². The maximum Gasteiger partial charge on any atom is 0.141 e. The van der Waals surface area contributed by atoms with Gasteiger partial charge in [0.25, 0.3) is 0 Å². The maximum absolute atomic E-state index is 13.8. The van der Waals surface area contributed by atoms with Gasteiger partial charge in [-0.15, -0.1) is 11.8 Å². The van der Waals surface area contributed by atoms with Crippen LogP contribution in [0.5, 0.6) is 0 Å². The summed E-state index contributed by atoms with van der Waals surface area (Å²) in [6.45, 7) is 0. The number of benzene rings is 3. The average molecular weight is 404 g/mol. The summed E-state index contributed by atoms with van der Waals surface area (Å²) in [6.07, 6.45) is 1.94. The lowest BCUT2D eigenvalue weighted by Gasteiger charge is -2.13. The van der Waals surface area contributed by atoms with E-state index in [1.807, 2.05) is 6.08 Å². The van der Waals surface area contributed by atoms with E-state index >= 15 is 0 Å². The molecule has 0 saturated heterocycles. The summed E-state index contributed by atoms with van der Waals surface area (Å²) < 4.78 is 40.6. The molecule has 4 rings (SSSR count). The zero-order valence-corrected chi connectivity index (χ0v) is 15.4. The minimum Gasteiger partial charge on any atom is -0.354 e. The second-order valence-corrected chi connectivity index (χ2v) is 7.66. The molecule has 1 heterocycles. The molecule has 3 aromatic carbocycles. The molecule has 0 spiro atoms. The van der Waals surface area contributed by atoms with Crippen molar-refractivity contribution in [3.05, 3.63) is 100 Å². The van der Waals surface area contributed by atoms with Crippen LogP contribution in [-0.4, -0.2) is 0 Å². The predicted octanol–water partition coefficient (Wildman–Crippen LogP) is 7.06. The van der Waals surface area contributed by atoms with Gasteiger partial charge in [0, 0.05) is 10.6 Å². The van der Waals surface area contributed by atoms with Crippen molar-refractivity contribution in [2.24, 2.45) is 0 Å². The standard InChI is InChI=1S/C21H13ClF3NS/c22-16-9-13(3-7-17(16)25)19-11-20(12-1-4-14(23)5-2-12)27-21-10-15(24)6-8-18(21)26-19/h1-11,20,26H. The van der Waals surface area contributed by atoms with Crippen LogP contribution in [0.4, 0.5) is 18.9 Å². The summed E-state index contributed by atoms with van der Waals surface area (Å²) in [5.41, 5.74) is 3.01. The molecule has 0 bridgehead atoms. The second-order valence-electron chi connectivity index (χ2n) is 6.06. The fourth-order valence-corrected chi connectivity index (χ4v) is 4.23. The first-order valence-electron chi connectivity index (χ1n) is 8.15. The number of thioether (sulfide) groups is 1. The summed E-state index contributed by atoms with van der Waals surface area (Å²) in [4.78, 5) is 0.726. The third-order valence-electron chi connectivity index (χ3n) is 4.21. The lowest BCUT2D eigenvalue weighted by molar-refractivity contribution is 0.624. The molecule has 1 unspecified atom stereocenters. The molecule has 0 saturated carbocycles. The van der Waals surface area contributed by atoms with Gasteiger partial charge in [0.2, 0.25) is 0 Å². The molecule has 0 aromatic heterocycles. The largest absolute Gasteiger partial charge is 0.354 e. The molecule has 1 nitrogen and oxygen atoms in total. The van der Waals surface area contributed by atoms with E-state index in [0.29, 0.717) is 11.3 Å². The second kappa shape index (κ2) is 7.33. The van der Waals surface area contributed by atoms with E-state index in [-0.39, 0.29) is 21.9 Å². The number of fused-ring (bicyclic) bond motifs is 1. The topological polar surface area (TPSA) is 12.0 Å². The molecule has 1 atom stereocenters. The Morgan fingerprint density at radius 3 is 2.33 bits per heavy atom. The van der Waals surface area contributed by atoms with E-state index in [2.05, 4.69) is 5.32 Å². The van der Waals surface area contributed by atoms with Gasteiger partial charge in [-0.2, -0.15) is 0 Å². The van der Waals surface area contributed by atoms with Crippen LogP contribution < -0.4 is 5.32 Å². The van der Waals surface area contributed by atoms with Crippen molar-refractivity contribution in [2.75, 3.05) is 5.32 Å². The van der Waals surface area contributed by atoms with Gasteiger partial charge in [-0.1, -0.05) is 23.7 Å². The van der Waals surface area contributed by atoms with Crippen LogP contribution >= 0.6 is 23.4 Å². The van der Waals surface area contributed by atoms with Gasteiger partial charge >= 0.3 is 0 Å². The third kappa shape index (κ3) is 3.84. The van der Waals surface area contributed by atoms with Gasteiger partial charge in [-0.25, -0.2) is 13.2 Å². The predicted molar refractivity (Wildman–Crippen MR) is 104 cm³/mol. The summed E-state index contributed by atoms with van der Waals surface area (Å²) >= 11 is 7.39. The minimum absolute atomic E-state index is 0.0183. The van der Waals surface area contributed by atoms with E-state index in [1.54, 1.807) is 24.3 Å². The first kappa shape index (κ1) is 18.0. The van der Waals surface area contributed by atoms with Crippen molar-refractivity contribution in [3.8, 4) is 0 Å². The highest BCUT2D eigenvalue weighted by atomic mass is 35.5. The molecule has 27 heavy (non-hydrogen) atoms. The van der Waals surface area contributed by atoms with Crippen LogP contribution in [0, 0.1) is 17.5 Å². The van der Waals surface area contributed by atoms with Crippen molar-refractivity contribution in [3.63, 3.8) is 0 Å². The van der Waals surface area contributed by atoms with Crippen LogP contribution in [0.2, 0.25) is 5.02 Å².